The normalized spacial score (nSPS) is 12.8. The van der Waals surface area contributed by atoms with E-state index in [2.05, 4.69) is 111 Å². The maximum atomic E-state index is 2.39. The van der Waals surface area contributed by atoms with Crippen LogP contribution in [0, 0.1) is 13.8 Å². The van der Waals surface area contributed by atoms with Gasteiger partial charge in [0.2, 0.25) is 0 Å². The van der Waals surface area contributed by atoms with Crippen molar-refractivity contribution in [3.63, 3.8) is 0 Å². The largest absolute Gasteiger partial charge is 0.0610 e. The van der Waals surface area contributed by atoms with Crippen LogP contribution in [0.3, 0.4) is 0 Å². The zero-order chi connectivity index (χ0) is 22.8. The molecular formula is C34H26. The highest BCUT2D eigenvalue weighted by Crippen LogP contribution is 2.41. The van der Waals surface area contributed by atoms with Crippen molar-refractivity contribution >= 4 is 0 Å². The lowest BCUT2D eigenvalue weighted by Gasteiger charge is -2.10. The van der Waals surface area contributed by atoms with E-state index >= 15 is 0 Å². The predicted octanol–water partition coefficient (Wildman–Crippen LogP) is 8.78. The SMILES string of the molecule is Cc1ccc2c(c1)-c1cc(-c3cccc(-c4ccc5c(c4)-c4cc(C)ccc4C5)c3)ccc1C2. The van der Waals surface area contributed by atoms with E-state index in [1.807, 2.05) is 0 Å². The summed E-state index contributed by atoms with van der Waals surface area (Å²) in [4.78, 5) is 0. The summed E-state index contributed by atoms with van der Waals surface area (Å²) in [7, 11) is 0. The maximum absolute atomic E-state index is 2.39. The van der Waals surface area contributed by atoms with E-state index in [1.54, 1.807) is 0 Å². The highest BCUT2D eigenvalue weighted by molar-refractivity contribution is 5.85. The first kappa shape index (κ1) is 19.6. The van der Waals surface area contributed by atoms with Gasteiger partial charge in [-0.15, -0.1) is 0 Å². The molecule has 5 aromatic carbocycles. The van der Waals surface area contributed by atoms with Crippen LogP contribution in [0.5, 0.6) is 0 Å². The molecule has 0 aliphatic heterocycles. The lowest BCUT2D eigenvalue weighted by molar-refractivity contribution is 1.26. The Hall–Kier alpha value is -3.90. The lowest BCUT2D eigenvalue weighted by Crippen LogP contribution is -1.86. The van der Waals surface area contributed by atoms with Crippen molar-refractivity contribution in [2.75, 3.05) is 0 Å². The van der Waals surface area contributed by atoms with Gasteiger partial charge in [-0.1, -0.05) is 90.0 Å². The zero-order valence-electron chi connectivity index (χ0n) is 19.7. The van der Waals surface area contributed by atoms with Gasteiger partial charge in [-0.3, -0.25) is 0 Å². The summed E-state index contributed by atoms with van der Waals surface area (Å²) in [6, 6.07) is 36.7. The van der Waals surface area contributed by atoms with Gasteiger partial charge in [0.15, 0.2) is 0 Å². The Morgan fingerprint density at radius 1 is 0.382 bits per heavy atom. The van der Waals surface area contributed by atoms with E-state index in [-0.39, 0.29) is 0 Å². The van der Waals surface area contributed by atoms with Crippen molar-refractivity contribution in [2.24, 2.45) is 0 Å². The molecule has 5 aromatic rings. The van der Waals surface area contributed by atoms with Crippen LogP contribution in [-0.4, -0.2) is 0 Å². The molecule has 2 aliphatic rings. The Kier molecular flexibility index (Phi) is 4.20. The third-order valence-corrected chi connectivity index (χ3v) is 7.62. The smallest absolute Gasteiger partial charge is 0.00134 e. The van der Waals surface area contributed by atoms with Crippen LogP contribution in [0.2, 0.25) is 0 Å². The van der Waals surface area contributed by atoms with Gasteiger partial charge in [-0.25, -0.2) is 0 Å². The number of benzene rings is 5. The number of rotatable bonds is 2. The second-order valence-corrected chi connectivity index (χ2v) is 10.00. The van der Waals surface area contributed by atoms with E-state index in [1.165, 1.54) is 77.9 Å². The van der Waals surface area contributed by atoms with Gasteiger partial charge in [0.1, 0.15) is 0 Å². The monoisotopic (exact) mass is 434 g/mol. The molecule has 0 saturated heterocycles. The number of fused-ring (bicyclic) bond motifs is 6. The van der Waals surface area contributed by atoms with Gasteiger partial charge >= 0.3 is 0 Å². The minimum Gasteiger partial charge on any atom is -0.0610 e. The molecule has 34 heavy (non-hydrogen) atoms. The van der Waals surface area contributed by atoms with Gasteiger partial charge in [-0.2, -0.15) is 0 Å². The minimum atomic E-state index is 1.04. The van der Waals surface area contributed by atoms with Crippen LogP contribution < -0.4 is 0 Å². The third kappa shape index (κ3) is 3.06. The lowest BCUT2D eigenvalue weighted by atomic mass is 9.94. The van der Waals surface area contributed by atoms with Crippen molar-refractivity contribution in [3.8, 4) is 44.5 Å². The molecule has 0 aromatic heterocycles. The molecule has 0 spiro atoms. The summed E-state index contributed by atoms with van der Waals surface area (Å²) in [6.07, 6.45) is 2.09. The topological polar surface area (TPSA) is 0 Å². The second kappa shape index (κ2) is 7.30. The van der Waals surface area contributed by atoms with E-state index in [9.17, 15) is 0 Å². The van der Waals surface area contributed by atoms with Crippen molar-refractivity contribution < 1.29 is 0 Å². The van der Waals surface area contributed by atoms with Gasteiger partial charge in [0, 0.05) is 0 Å². The summed E-state index contributed by atoms with van der Waals surface area (Å²) in [5, 5.41) is 0. The molecule has 0 N–H and O–H groups in total. The number of hydrogen-bond acceptors (Lipinski definition) is 0. The average molecular weight is 435 g/mol. The number of hydrogen-bond donors (Lipinski definition) is 0. The fourth-order valence-electron chi connectivity index (χ4n) is 5.80. The van der Waals surface area contributed by atoms with Crippen LogP contribution in [0.4, 0.5) is 0 Å². The molecule has 7 rings (SSSR count). The summed E-state index contributed by atoms with van der Waals surface area (Å²) in [6.45, 7) is 4.36. The quantitative estimate of drug-likeness (QED) is 0.255. The Morgan fingerprint density at radius 3 is 1.24 bits per heavy atom. The van der Waals surface area contributed by atoms with Crippen LogP contribution in [0.25, 0.3) is 44.5 Å². The molecule has 0 heteroatoms. The highest BCUT2D eigenvalue weighted by Gasteiger charge is 2.20. The zero-order valence-corrected chi connectivity index (χ0v) is 19.7. The molecule has 0 unspecified atom stereocenters. The van der Waals surface area contributed by atoms with Gasteiger partial charge in [0.05, 0.1) is 0 Å². The van der Waals surface area contributed by atoms with E-state index < -0.39 is 0 Å². The number of aryl methyl sites for hydroxylation is 2. The van der Waals surface area contributed by atoms with Crippen molar-refractivity contribution in [1.82, 2.24) is 0 Å². The van der Waals surface area contributed by atoms with E-state index in [0.717, 1.165) is 12.8 Å². The summed E-state index contributed by atoms with van der Waals surface area (Å²) in [5.41, 5.74) is 19.1. The second-order valence-electron chi connectivity index (χ2n) is 10.00. The van der Waals surface area contributed by atoms with Crippen LogP contribution in [0.1, 0.15) is 33.4 Å². The maximum Gasteiger partial charge on any atom is -0.00134 e. The first-order valence-corrected chi connectivity index (χ1v) is 12.2. The molecule has 0 heterocycles. The molecule has 0 fully saturated rings. The predicted molar refractivity (Wildman–Crippen MR) is 143 cm³/mol. The molecule has 0 nitrogen and oxygen atoms in total. The first-order chi connectivity index (χ1) is 16.6. The summed E-state index contributed by atoms with van der Waals surface area (Å²) in [5.74, 6) is 0. The van der Waals surface area contributed by atoms with Gasteiger partial charge in [-0.05, 0) is 112 Å². The average Bonchev–Trinajstić information content (AvgIpc) is 3.41. The first-order valence-electron chi connectivity index (χ1n) is 12.2. The van der Waals surface area contributed by atoms with Gasteiger partial charge in [0.25, 0.3) is 0 Å². The van der Waals surface area contributed by atoms with Crippen molar-refractivity contribution in [1.29, 1.82) is 0 Å². The Balaban J connectivity index is 1.29. The van der Waals surface area contributed by atoms with Crippen molar-refractivity contribution in [2.45, 2.75) is 26.7 Å². The van der Waals surface area contributed by atoms with Crippen LogP contribution in [0.15, 0.2) is 97.1 Å². The molecule has 2 aliphatic carbocycles. The fourth-order valence-corrected chi connectivity index (χ4v) is 5.80. The van der Waals surface area contributed by atoms with Crippen LogP contribution in [-0.2, 0) is 12.8 Å². The molecule has 162 valence electrons. The minimum absolute atomic E-state index is 1.04. The molecule has 0 saturated carbocycles. The third-order valence-electron chi connectivity index (χ3n) is 7.62. The van der Waals surface area contributed by atoms with E-state index in [0.29, 0.717) is 0 Å². The standard InChI is InChI=1S/C34H26/c1-21-6-8-27-17-29-12-10-25(19-33(29)31(27)14-21)23-4-3-5-24(16-23)26-11-13-30-18-28-9-7-22(2)15-32(28)34(30)20-26/h3-16,19-20H,17-18H2,1-2H3. The highest BCUT2D eigenvalue weighted by atomic mass is 14.2. The Bertz CT molecular complexity index is 1500. The van der Waals surface area contributed by atoms with Crippen LogP contribution >= 0.6 is 0 Å². The molecule has 0 bridgehead atoms. The molecule has 0 radical (unpaired) electrons. The fraction of sp³-hybridized carbons (Fsp3) is 0.118. The molecule has 0 atom stereocenters. The summed E-state index contributed by atoms with van der Waals surface area (Å²) >= 11 is 0. The van der Waals surface area contributed by atoms with Crippen molar-refractivity contribution in [3.05, 3.63) is 130 Å². The van der Waals surface area contributed by atoms with Gasteiger partial charge < -0.3 is 0 Å². The molecule has 0 amide bonds. The molecular weight excluding hydrogens is 408 g/mol. The van der Waals surface area contributed by atoms with E-state index in [4.69, 9.17) is 0 Å². The Labute approximate surface area is 201 Å². The Morgan fingerprint density at radius 2 is 0.765 bits per heavy atom. The summed E-state index contributed by atoms with van der Waals surface area (Å²) < 4.78 is 0.